The third kappa shape index (κ3) is 5.54. The molecule has 0 unspecified atom stereocenters. The molecule has 1 saturated carbocycles. The summed E-state index contributed by atoms with van der Waals surface area (Å²) >= 11 is 12.2. The number of halogens is 5. The fraction of sp³-hybridized carbons (Fsp3) is 0.524. The fourth-order valence-corrected chi connectivity index (χ4v) is 4.33. The minimum Gasteiger partial charge on any atom is -0.340 e. The maximum absolute atomic E-state index is 13.0. The smallest absolute Gasteiger partial charge is 0.340 e. The van der Waals surface area contributed by atoms with Crippen molar-refractivity contribution in [3.05, 3.63) is 51.3 Å². The second-order valence-corrected chi connectivity index (χ2v) is 8.94. The molecule has 1 aliphatic heterocycles. The van der Waals surface area contributed by atoms with E-state index < -0.39 is 11.9 Å². The van der Waals surface area contributed by atoms with E-state index in [1.165, 1.54) is 4.68 Å². The lowest BCUT2D eigenvalue weighted by atomic mass is 10.2. The van der Waals surface area contributed by atoms with E-state index in [0.717, 1.165) is 24.5 Å². The third-order valence-electron chi connectivity index (χ3n) is 5.77. The van der Waals surface area contributed by atoms with Crippen LogP contribution in [0, 0.1) is 0 Å². The first kappa shape index (κ1) is 22.4. The first-order chi connectivity index (χ1) is 14.7. The van der Waals surface area contributed by atoms with Crippen LogP contribution in [0.15, 0.2) is 24.3 Å². The first-order valence-corrected chi connectivity index (χ1v) is 11.1. The Labute approximate surface area is 188 Å². The van der Waals surface area contributed by atoms with Gasteiger partial charge in [0.15, 0.2) is 5.69 Å². The number of hydrogen-bond acceptors (Lipinski definition) is 3. The SMILES string of the molecule is O=C(CCn1nc(C(F)(F)F)cc1C1CC1)N1CCN(Cc2ccc(Cl)cc2Cl)CC1. The van der Waals surface area contributed by atoms with E-state index in [0.29, 0.717) is 48.5 Å². The summed E-state index contributed by atoms with van der Waals surface area (Å²) in [5.41, 5.74) is 0.693. The molecule has 2 aliphatic rings. The van der Waals surface area contributed by atoms with Crippen LogP contribution in [0.2, 0.25) is 10.0 Å². The van der Waals surface area contributed by atoms with E-state index in [2.05, 4.69) is 10.00 Å². The number of nitrogens with zero attached hydrogens (tertiary/aromatic N) is 4. The number of alkyl halides is 3. The molecule has 0 radical (unpaired) electrons. The molecule has 0 spiro atoms. The minimum absolute atomic E-state index is 0.0602. The molecular weight excluding hydrogens is 452 g/mol. The van der Waals surface area contributed by atoms with E-state index in [4.69, 9.17) is 23.2 Å². The number of hydrogen-bond donors (Lipinski definition) is 0. The molecule has 1 amide bonds. The van der Waals surface area contributed by atoms with E-state index >= 15 is 0 Å². The first-order valence-electron chi connectivity index (χ1n) is 10.3. The highest BCUT2D eigenvalue weighted by Crippen LogP contribution is 2.42. The van der Waals surface area contributed by atoms with Gasteiger partial charge < -0.3 is 4.90 Å². The van der Waals surface area contributed by atoms with Crippen molar-refractivity contribution >= 4 is 29.1 Å². The summed E-state index contributed by atoms with van der Waals surface area (Å²) in [4.78, 5) is 16.6. The highest BCUT2D eigenvalue weighted by molar-refractivity contribution is 6.35. The number of rotatable bonds is 6. The Morgan fingerprint density at radius 2 is 1.81 bits per heavy atom. The van der Waals surface area contributed by atoms with Crippen LogP contribution in [0.3, 0.4) is 0 Å². The van der Waals surface area contributed by atoms with E-state index in [1.807, 2.05) is 6.07 Å². The maximum Gasteiger partial charge on any atom is 0.435 e. The largest absolute Gasteiger partial charge is 0.435 e. The van der Waals surface area contributed by atoms with Crippen LogP contribution in [0.1, 0.15) is 42.1 Å². The van der Waals surface area contributed by atoms with Crippen molar-refractivity contribution in [1.29, 1.82) is 0 Å². The molecule has 5 nitrogen and oxygen atoms in total. The van der Waals surface area contributed by atoms with Crippen molar-refractivity contribution < 1.29 is 18.0 Å². The van der Waals surface area contributed by atoms with Crippen molar-refractivity contribution in [3.8, 4) is 0 Å². The monoisotopic (exact) mass is 474 g/mol. The molecule has 2 aromatic rings. The summed E-state index contributed by atoms with van der Waals surface area (Å²) in [6.07, 6.45) is -2.59. The lowest BCUT2D eigenvalue weighted by Gasteiger charge is -2.35. The molecule has 31 heavy (non-hydrogen) atoms. The lowest BCUT2D eigenvalue weighted by Crippen LogP contribution is -2.48. The van der Waals surface area contributed by atoms with Crippen LogP contribution in [0.25, 0.3) is 0 Å². The van der Waals surface area contributed by atoms with Crippen LogP contribution < -0.4 is 0 Å². The summed E-state index contributed by atoms with van der Waals surface area (Å²) in [5.74, 6) is 0.0666. The molecule has 1 saturated heterocycles. The Morgan fingerprint density at radius 1 is 1.10 bits per heavy atom. The van der Waals surface area contributed by atoms with Crippen LogP contribution >= 0.6 is 23.2 Å². The molecule has 0 atom stereocenters. The average molecular weight is 475 g/mol. The standard InChI is InChI=1S/C21H23Cl2F3N4O/c22-16-4-3-15(17(23)11-16)13-28-7-9-29(10-8-28)20(31)5-6-30-18(14-1-2-14)12-19(27-30)21(24,25)26/h3-4,11-12,14H,1-2,5-10,13H2. The van der Waals surface area contributed by atoms with Gasteiger partial charge in [-0.25, -0.2) is 0 Å². The second-order valence-electron chi connectivity index (χ2n) is 8.09. The zero-order valence-electron chi connectivity index (χ0n) is 16.8. The molecule has 2 heterocycles. The number of aromatic nitrogens is 2. The van der Waals surface area contributed by atoms with Gasteiger partial charge in [-0.2, -0.15) is 18.3 Å². The average Bonchev–Trinajstić information content (AvgIpc) is 3.46. The number of benzene rings is 1. The van der Waals surface area contributed by atoms with Gasteiger partial charge in [0.1, 0.15) is 0 Å². The van der Waals surface area contributed by atoms with Gasteiger partial charge in [-0.15, -0.1) is 0 Å². The molecule has 1 aromatic carbocycles. The summed E-state index contributed by atoms with van der Waals surface area (Å²) < 4.78 is 40.4. The summed E-state index contributed by atoms with van der Waals surface area (Å²) in [5, 5.41) is 4.94. The molecule has 10 heteroatoms. The second kappa shape index (κ2) is 9.00. The van der Waals surface area contributed by atoms with Crippen LogP contribution in [-0.4, -0.2) is 51.7 Å². The molecule has 4 rings (SSSR count). The number of carbonyl (C=O) groups excluding carboxylic acids is 1. The topological polar surface area (TPSA) is 41.4 Å². The minimum atomic E-state index is -4.47. The van der Waals surface area contributed by atoms with Crippen molar-refractivity contribution in [2.24, 2.45) is 0 Å². The van der Waals surface area contributed by atoms with E-state index in [-0.39, 0.29) is 24.8 Å². The molecule has 168 valence electrons. The maximum atomic E-state index is 13.0. The molecular formula is C21H23Cl2F3N4O. The molecule has 1 aliphatic carbocycles. The normalized spacial score (nSPS) is 17.9. The van der Waals surface area contributed by atoms with Gasteiger partial charge >= 0.3 is 6.18 Å². The Morgan fingerprint density at radius 3 is 2.42 bits per heavy atom. The summed E-state index contributed by atoms with van der Waals surface area (Å²) in [6, 6.07) is 6.55. The predicted molar refractivity (Wildman–Crippen MR) is 112 cm³/mol. The quantitative estimate of drug-likeness (QED) is 0.602. The Hall–Kier alpha value is -1.77. The van der Waals surface area contributed by atoms with Crippen molar-refractivity contribution in [2.45, 2.75) is 44.4 Å². The van der Waals surface area contributed by atoms with Crippen molar-refractivity contribution in [3.63, 3.8) is 0 Å². The number of amides is 1. The summed E-state index contributed by atoms with van der Waals surface area (Å²) in [6.45, 7) is 3.41. The Balaban J connectivity index is 1.29. The van der Waals surface area contributed by atoms with Gasteiger partial charge in [0, 0.05) is 67.3 Å². The number of carbonyl (C=O) groups is 1. The number of piperazine rings is 1. The van der Waals surface area contributed by atoms with Crippen LogP contribution in [0.5, 0.6) is 0 Å². The molecule has 0 N–H and O–H groups in total. The lowest BCUT2D eigenvalue weighted by molar-refractivity contribution is -0.141. The zero-order chi connectivity index (χ0) is 22.2. The predicted octanol–water partition coefficient (Wildman–Crippen LogP) is 4.82. The summed E-state index contributed by atoms with van der Waals surface area (Å²) in [7, 11) is 0. The van der Waals surface area contributed by atoms with E-state index in [1.54, 1.807) is 17.0 Å². The highest BCUT2D eigenvalue weighted by Gasteiger charge is 2.37. The van der Waals surface area contributed by atoms with Crippen LogP contribution in [-0.2, 0) is 24.1 Å². The van der Waals surface area contributed by atoms with Gasteiger partial charge in [-0.05, 0) is 36.6 Å². The Bertz CT molecular complexity index is 951. The van der Waals surface area contributed by atoms with Gasteiger partial charge in [0.2, 0.25) is 5.91 Å². The van der Waals surface area contributed by atoms with Crippen molar-refractivity contribution in [1.82, 2.24) is 19.6 Å². The fourth-order valence-electron chi connectivity index (χ4n) is 3.86. The molecule has 1 aromatic heterocycles. The highest BCUT2D eigenvalue weighted by atomic mass is 35.5. The van der Waals surface area contributed by atoms with Gasteiger partial charge in [-0.1, -0.05) is 29.3 Å². The van der Waals surface area contributed by atoms with E-state index in [9.17, 15) is 18.0 Å². The van der Waals surface area contributed by atoms with Gasteiger partial charge in [0.05, 0.1) is 0 Å². The van der Waals surface area contributed by atoms with Crippen molar-refractivity contribution in [2.75, 3.05) is 26.2 Å². The molecule has 2 fully saturated rings. The molecule has 0 bridgehead atoms. The zero-order valence-corrected chi connectivity index (χ0v) is 18.3. The van der Waals surface area contributed by atoms with Gasteiger partial charge in [-0.3, -0.25) is 14.4 Å². The Kier molecular flexibility index (Phi) is 6.51. The third-order valence-corrected chi connectivity index (χ3v) is 6.36. The van der Waals surface area contributed by atoms with Crippen LogP contribution in [0.4, 0.5) is 13.2 Å². The number of aryl methyl sites for hydroxylation is 1. The van der Waals surface area contributed by atoms with Gasteiger partial charge in [0.25, 0.3) is 0 Å².